The first-order valence-electron chi connectivity index (χ1n) is 6.74. The van der Waals surface area contributed by atoms with Crippen LogP contribution in [0.3, 0.4) is 0 Å². The van der Waals surface area contributed by atoms with E-state index in [9.17, 15) is 4.79 Å². The molecule has 1 atom stereocenters. The average Bonchev–Trinajstić information content (AvgIpc) is 2.34. The summed E-state index contributed by atoms with van der Waals surface area (Å²) < 4.78 is 10.3. The molecule has 0 aliphatic heterocycles. The van der Waals surface area contributed by atoms with Crippen molar-refractivity contribution in [3.8, 4) is 0 Å². The Morgan fingerprint density at radius 3 is 2.39 bits per heavy atom. The largest absolute Gasteiger partial charge is 0.465 e. The van der Waals surface area contributed by atoms with E-state index in [1.165, 1.54) is 0 Å². The van der Waals surface area contributed by atoms with E-state index in [0.29, 0.717) is 19.6 Å². The number of hydrogen-bond acceptors (Lipinski definition) is 5. The second kappa shape index (κ2) is 9.30. The van der Waals surface area contributed by atoms with Crippen LogP contribution < -0.4 is 5.73 Å². The molecule has 0 fully saturated rings. The van der Waals surface area contributed by atoms with Gasteiger partial charge in [-0.2, -0.15) is 0 Å². The quantitative estimate of drug-likeness (QED) is 0.469. The van der Waals surface area contributed by atoms with Crippen LogP contribution in [0.25, 0.3) is 0 Å². The Bertz CT molecular complexity index is 232. The molecule has 108 valence electrons. The highest BCUT2D eigenvalue weighted by atomic mass is 16.5. The first kappa shape index (κ1) is 17.4. The molecular weight excluding hydrogens is 232 g/mol. The van der Waals surface area contributed by atoms with E-state index in [0.717, 1.165) is 26.2 Å². The molecule has 0 aliphatic carbocycles. The van der Waals surface area contributed by atoms with Crippen LogP contribution in [-0.4, -0.2) is 55.9 Å². The number of hydrogen-bond donors (Lipinski definition) is 1. The van der Waals surface area contributed by atoms with Gasteiger partial charge < -0.3 is 20.1 Å². The number of ether oxygens (including phenoxy) is 2. The minimum Gasteiger partial charge on any atom is -0.465 e. The second-order valence-corrected chi connectivity index (χ2v) is 4.52. The first-order valence-corrected chi connectivity index (χ1v) is 6.74. The summed E-state index contributed by atoms with van der Waals surface area (Å²) in [6.07, 6.45) is 0.589. The Kier molecular flexibility index (Phi) is 8.97. The molecule has 18 heavy (non-hydrogen) atoms. The van der Waals surface area contributed by atoms with Crippen LogP contribution in [0.2, 0.25) is 0 Å². The van der Waals surface area contributed by atoms with Gasteiger partial charge in [-0.25, -0.2) is 0 Å². The maximum atomic E-state index is 11.6. The summed E-state index contributed by atoms with van der Waals surface area (Å²) in [5.41, 5.74) is 5.06. The molecule has 0 spiro atoms. The Morgan fingerprint density at radius 1 is 1.22 bits per heavy atom. The minimum absolute atomic E-state index is 0.328. The van der Waals surface area contributed by atoms with E-state index >= 15 is 0 Å². The normalized spacial score (nSPS) is 14.6. The zero-order chi connectivity index (χ0) is 14.0. The maximum Gasteiger partial charge on any atom is 0.325 e. The van der Waals surface area contributed by atoms with Crippen LogP contribution in [0, 0.1) is 0 Å². The van der Waals surface area contributed by atoms with Crippen LogP contribution in [0.5, 0.6) is 0 Å². The molecule has 0 saturated carbocycles. The van der Waals surface area contributed by atoms with Gasteiger partial charge in [0.1, 0.15) is 5.54 Å². The van der Waals surface area contributed by atoms with Gasteiger partial charge in [0.25, 0.3) is 0 Å². The molecule has 0 radical (unpaired) electrons. The molecule has 0 aromatic carbocycles. The van der Waals surface area contributed by atoms with Crippen LogP contribution in [-0.2, 0) is 14.3 Å². The number of rotatable bonds is 10. The number of carbonyl (C=O) groups excluding carboxylic acids is 1. The fourth-order valence-corrected chi connectivity index (χ4v) is 1.55. The molecule has 0 aromatic rings. The molecule has 0 amide bonds. The molecule has 0 heterocycles. The van der Waals surface area contributed by atoms with Crippen molar-refractivity contribution in [2.75, 3.05) is 39.5 Å². The third kappa shape index (κ3) is 6.93. The lowest BCUT2D eigenvalue weighted by atomic mass is 9.99. The molecule has 1 unspecified atom stereocenters. The Hall–Kier alpha value is -0.650. The standard InChI is InChI=1S/C13H28N2O3/c1-5-15(10-11-17-6-2)9-8-13(4,14)12(16)18-7-3/h5-11,14H2,1-4H3. The zero-order valence-electron chi connectivity index (χ0n) is 12.2. The third-order valence-electron chi connectivity index (χ3n) is 2.89. The monoisotopic (exact) mass is 260 g/mol. The lowest BCUT2D eigenvalue weighted by Crippen LogP contribution is -2.48. The molecule has 0 aromatic heterocycles. The predicted molar refractivity (Wildman–Crippen MR) is 72.4 cm³/mol. The van der Waals surface area contributed by atoms with Gasteiger partial charge in [0.15, 0.2) is 0 Å². The second-order valence-electron chi connectivity index (χ2n) is 4.52. The summed E-state index contributed by atoms with van der Waals surface area (Å²) in [5, 5.41) is 0. The Morgan fingerprint density at radius 2 is 1.89 bits per heavy atom. The SMILES string of the molecule is CCOCCN(CC)CCC(C)(N)C(=O)OCC. The van der Waals surface area contributed by atoms with Crippen molar-refractivity contribution in [3.63, 3.8) is 0 Å². The number of nitrogens with zero attached hydrogens (tertiary/aromatic N) is 1. The van der Waals surface area contributed by atoms with E-state index in [-0.39, 0.29) is 5.97 Å². The third-order valence-corrected chi connectivity index (χ3v) is 2.89. The number of nitrogens with two attached hydrogens (primary N) is 1. The van der Waals surface area contributed by atoms with E-state index < -0.39 is 5.54 Å². The minimum atomic E-state index is -0.908. The van der Waals surface area contributed by atoms with Crippen molar-refractivity contribution in [1.82, 2.24) is 4.90 Å². The summed E-state index contributed by atoms with van der Waals surface area (Å²) in [7, 11) is 0. The van der Waals surface area contributed by atoms with Crippen LogP contribution >= 0.6 is 0 Å². The van der Waals surface area contributed by atoms with Crippen molar-refractivity contribution in [2.45, 2.75) is 39.7 Å². The molecule has 0 bridgehead atoms. The summed E-state index contributed by atoms with van der Waals surface area (Å²) in [4.78, 5) is 13.9. The number of likely N-dealkylation sites (N-methyl/N-ethyl adjacent to an activating group) is 1. The lowest BCUT2D eigenvalue weighted by molar-refractivity contribution is -0.149. The number of carbonyl (C=O) groups is 1. The van der Waals surface area contributed by atoms with Gasteiger partial charge in [0.2, 0.25) is 0 Å². The fraction of sp³-hybridized carbons (Fsp3) is 0.923. The smallest absolute Gasteiger partial charge is 0.325 e. The molecule has 0 aliphatic rings. The van der Waals surface area contributed by atoms with Crippen molar-refractivity contribution < 1.29 is 14.3 Å². The van der Waals surface area contributed by atoms with Crippen LogP contribution in [0.1, 0.15) is 34.1 Å². The topological polar surface area (TPSA) is 64.8 Å². The summed E-state index contributed by atoms with van der Waals surface area (Å²) in [6, 6.07) is 0. The highest BCUT2D eigenvalue weighted by Gasteiger charge is 2.29. The van der Waals surface area contributed by atoms with Gasteiger partial charge in [-0.3, -0.25) is 4.79 Å². The molecule has 0 saturated heterocycles. The maximum absolute atomic E-state index is 11.6. The lowest BCUT2D eigenvalue weighted by Gasteiger charge is -2.27. The van der Waals surface area contributed by atoms with Crippen LogP contribution in [0.15, 0.2) is 0 Å². The Balaban J connectivity index is 4.05. The zero-order valence-corrected chi connectivity index (χ0v) is 12.2. The van der Waals surface area contributed by atoms with Crippen molar-refractivity contribution >= 4 is 5.97 Å². The van der Waals surface area contributed by atoms with E-state index in [4.69, 9.17) is 15.2 Å². The van der Waals surface area contributed by atoms with Gasteiger partial charge in [0, 0.05) is 19.7 Å². The van der Waals surface area contributed by atoms with E-state index in [1.54, 1.807) is 13.8 Å². The van der Waals surface area contributed by atoms with Crippen molar-refractivity contribution in [2.24, 2.45) is 5.73 Å². The average molecular weight is 260 g/mol. The summed E-state index contributed by atoms with van der Waals surface area (Å²) >= 11 is 0. The first-order chi connectivity index (χ1) is 8.47. The van der Waals surface area contributed by atoms with Crippen molar-refractivity contribution in [1.29, 1.82) is 0 Å². The summed E-state index contributed by atoms with van der Waals surface area (Å²) in [6.45, 7) is 12.0. The molecular formula is C13H28N2O3. The molecule has 5 nitrogen and oxygen atoms in total. The highest BCUT2D eigenvalue weighted by Crippen LogP contribution is 2.09. The van der Waals surface area contributed by atoms with E-state index in [1.807, 2.05) is 6.92 Å². The molecule has 0 rings (SSSR count). The van der Waals surface area contributed by atoms with Gasteiger partial charge in [-0.1, -0.05) is 6.92 Å². The predicted octanol–water partition coefficient (Wildman–Crippen LogP) is 1.02. The fourth-order valence-electron chi connectivity index (χ4n) is 1.55. The Labute approximate surface area is 111 Å². The highest BCUT2D eigenvalue weighted by molar-refractivity contribution is 5.79. The van der Waals surface area contributed by atoms with Gasteiger partial charge in [-0.05, 0) is 33.7 Å². The van der Waals surface area contributed by atoms with Gasteiger partial charge in [-0.15, -0.1) is 0 Å². The summed E-state index contributed by atoms with van der Waals surface area (Å²) in [5.74, 6) is -0.328. The molecule has 2 N–H and O–H groups in total. The van der Waals surface area contributed by atoms with E-state index in [2.05, 4.69) is 11.8 Å². The van der Waals surface area contributed by atoms with Gasteiger partial charge >= 0.3 is 5.97 Å². The molecule has 5 heteroatoms. The van der Waals surface area contributed by atoms with Gasteiger partial charge in [0.05, 0.1) is 13.2 Å². The van der Waals surface area contributed by atoms with Crippen molar-refractivity contribution in [3.05, 3.63) is 0 Å². The van der Waals surface area contributed by atoms with Crippen LogP contribution in [0.4, 0.5) is 0 Å². The number of esters is 1.